The van der Waals surface area contributed by atoms with Gasteiger partial charge in [-0.05, 0) is 25.1 Å². The summed E-state index contributed by atoms with van der Waals surface area (Å²) < 4.78 is 24.7. The van der Waals surface area contributed by atoms with Gasteiger partial charge in [0.15, 0.2) is 0 Å². The highest BCUT2D eigenvalue weighted by atomic mass is 35.5. The molecular formula is C15H22ClN3O3S. The zero-order valence-electron chi connectivity index (χ0n) is 13.2. The van der Waals surface area contributed by atoms with E-state index in [9.17, 15) is 13.2 Å². The second-order valence-electron chi connectivity index (χ2n) is 5.64. The first-order chi connectivity index (χ1) is 10.9. The summed E-state index contributed by atoms with van der Waals surface area (Å²) in [4.78, 5) is 14.1. The minimum absolute atomic E-state index is 0.0951. The van der Waals surface area contributed by atoms with E-state index < -0.39 is 10.0 Å². The molecule has 1 saturated heterocycles. The number of hydrogen-bond acceptors (Lipinski definition) is 4. The fourth-order valence-electron chi connectivity index (χ4n) is 2.54. The van der Waals surface area contributed by atoms with Crippen molar-refractivity contribution in [3.63, 3.8) is 0 Å². The Morgan fingerprint density at radius 1 is 1.22 bits per heavy atom. The Hall–Kier alpha value is -1.15. The van der Waals surface area contributed by atoms with Crippen LogP contribution in [0.15, 0.2) is 24.3 Å². The van der Waals surface area contributed by atoms with E-state index in [1.165, 1.54) is 10.6 Å². The molecule has 0 bridgehead atoms. The van der Waals surface area contributed by atoms with E-state index in [1.807, 2.05) is 12.1 Å². The van der Waals surface area contributed by atoms with Gasteiger partial charge in [0.25, 0.3) is 0 Å². The Labute approximate surface area is 142 Å². The highest BCUT2D eigenvalue weighted by Crippen LogP contribution is 2.20. The van der Waals surface area contributed by atoms with Crippen molar-refractivity contribution in [2.75, 3.05) is 44.3 Å². The Bertz CT molecular complexity index is 651. The first-order valence-corrected chi connectivity index (χ1v) is 9.81. The quantitative estimate of drug-likeness (QED) is 0.867. The predicted octanol–water partition coefficient (Wildman–Crippen LogP) is 1.64. The molecule has 0 aromatic heterocycles. The summed E-state index contributed by atoms with van der Waals surface area (Å²) in [7, 11) is -3.14. The molecule has 1 heterocycles. The van der Waals surface area contributed by atoms with Crippen molar-refractivity contribution in [3.8, 4) is 0 Å². The van der Waals surface area contributed by atoms with Crippen molar-refractivity contribution in [2.45, 2.75) is 12.8 Å². The smallest absolute Gasteiger partial charge is 0.225 e. The Kier molecular flexibility index (Phi) is 6.41. The van der Waals surface area contributed by atoms with Crippen LogP contribution in [0.2, 0.25) is 5.02 Å². The van der Waals surface area contributed by atoms with Gasteiger partial charge < -0.3 is 10.2 Å². The number of rotatable bonds is 5. The van der Waals surface area contributed by atoms with Gasteiger partial charge in [0, 0.05) is 32.6 Å². The number of halogens is 1. The fraction of sp³-hybridized carbons (Fsp3) is 0.533. The van der Waals surface area contributed by atoms with Crippen molar-refractivity contribution in [1.82, 2.24) is 9.21 Å². The molecule has 1 aliphatic heterocycles. The van der Waals surface area contributed by atoms with Crippen molar-refractivity contribution in [3.05, 3.63) is 29.3 Å². The standard InChI is InChI=1S/C15H22ClN3O3S/c1-23(21,22)19-9-4-8-18(11-12-19)10-7-15(20)17-14-6-3-2-5-13(14)16/h2-3,5-6H,4,7-12H2,1H3,(H,17,20). The second kappa shape index (κ2) is 8.10. The summed E-state index contributed by atoms with van der Waals surface area (Å²) in [6, 6.07) is 7.11. The van der Waals surface area contributed by atoms with Crippen LogP contribution in [0.4, 0.5) is 5.69 Å². The third-order valence-electron chi connectivity index (χ3n) is 3.82. The molecular weight excluding hydrogens is 338 g/mol. The molecule has 0 atom stereocenters. The second-order valence-corrected chi connectivity index (χ2v) is 8.02. The Morgan fingerprint density at radius 3 is 2.65 bits per heavy atom. The first kappa shape index (κ1) is 18.2. The third kappa shape index (κ3) is 5.76. The molecule has 128 valence electrons. The number of para-hydroxylation sites is 1. The van der Waals surface area contributed by atoms with Crippen molar-refractivity contribution < 1.29 is 13.2 Å². The summed E-state index contributed by atoms with van der Waals surface area (Å²) in [5.41, 5.74) is 0.610. The predicted molar refractivity (Wildman–Crippen MR) is 92.2 cm³/mol. The zero-order chi connectivity index (χ0) is 16.9. The highest BCUT2D eigenvalue weighted by molar-refractivity contribution is 7.88. The zero-order valence-corrected chi connectivity index (χ0v) is 14.7. The monoisotopic (exact) mass is 359 g/mol. The lowest BCUT2D eigenvalue weighted by atomic mass is 10.3. The number of carbonyl (C=O) groups excluding carboxylic acids is 1. The number of nitrogens with one attached hydrogen (secondary N) is 1. The minimum Gasteiger partial charge on any atom is -0.325 e. The van der Waals surface area contributed by atoms with E-state index in [1.54, 1.807) is 12.1 Å². The van der Waals surface area contributed by atoms with Crippen molar-refractivity contribution in [2.24, 2.45) is 0 Å². The van der Waals surface area contributed by atoms with E-state index in [4.69, 9.17) is 11.6 Å². The van der Waals surface area contributed by atoms with E-state index in [-0.39, 0.29) is 5.91 Å². The molecule has 0 saturated carbocycles. The van der Waals surface area contributed by atoms with Gasteiger partial charge in [-0.1, -0.05) is 23.7 Å². The number of amides is 1. The van der Waals surface area contributed by atoms with Crippen molar-refractivity contribution in [1.29, 1.82) is 0 Å². The molecule has 8 heteroatoms. The SMILES string of the molecule is CS(=O)(=O)N1CCCN(CCC(=O)Nc2ccccc2Cl)CC1. The Morgan fingerprint density at radius 2 is 1.96 bits per heavy atom. The molecule has 1 fully saturated rings. The van der Waals surface area contributed by atoms with Crippen LogP contribution < -0.4 is 5.32 Å². The summed E-state index contributed by atoms with van der Waals surface area (Å²) in [5, 5.41) is 3.31. The molecule has 1 aliphatic rings. The van der Waals surface area contributed by atoms with Gasteiger partial charge in [0.1, 0.15) is 0 Å². The number of benzene rings is 1. The largest absolute Gasteiger partial charge is 0.325 e. The maximum absolute atomic E-state index is 12.0. The van der Waals surface area contributed by atoms with Crippen LogP contribution in [-0.2, 0) is 14.8 Å². The molecule has 2 rings (SSSR count). The van der Waals surface area contributed by atoms with Crippen LogP contribution in [0.5, 0.6) is 0 Å². The Balaban J connectivity index is 1.80. The van der Waals surface area contributed by atoms with Crippen LogP contribution in [0.25, 0.3) is 0 Å². The van der Waals surface area contributed by atoms with Gasteiger partial charge in [0.2, 0.25) is 15.9 Å². The third-order valence-corrected chi connectivity index (χ3v) is 5.45. The van der Waals surface area contributed by atoms with Crippen LogP contribution in [0.1, 0.15) is 12.8 Å². The lowest BCUT2D eigenvalue weighted by molar-refractivity contribution is -0.116. The van der Waals surface area contributed by atoms with Crippen molar-refractivity contribution >= 4 is 33.2 Å². The van der Waals surface area contributed by atoms with Gasteiger partial charge in [-0.15, -0.1) is 0 Å². The molecule has 6 nitrogen and oxygen atoms in total. The highest BCUT2D eigenvalue weighted by Gasteiger charge is 2.21. The fourth-order valence-corrected chi connectivity index (χ4v) is 3.59. The molecule has 1 aromatic carbocycles. The van der Waals surface area contributed by atoms with Gasteiger partial charge >= 0.3 is 0 Å². The van der Waals surface area contributed by atoms with Crippen LogP contribution in [0, 0.1) is 0 Å². The number of anilines is 1. The number of hydrogen-bond donors (Lipinski definition) is 1. The minimum atomic E-state index is -3.14. The van der Waals surface area contributed by atoms with Crippen LogP contribution in [-0.4, -0.2) is 62.5 Å². The molecule has 1 amide bonds. The van der Waals surface area contributed by atoms with Gasteiger partial charge in [-0.3, -0.25) is 4.79 Å². The van der Waals surface area contributed by atoms with Gasteiger partial charge in [-0.25, -0.2) is 12.7 Å². The normalized spacial score (nSPS) is 17.7. The topological polar surface area (TPSA) is 69.7 Å². The number of carbonyl (C=O) groups is 1. The van der Waals surface area contributed by atoms with E-state index >= 15 is 0 Å². The summed E-state index contributed by atoms with van der Waals surface area (Å²) in [6.45, 7) is 3.07. The summed E-state index contributed by atoms with van der Waals surface area (Å²) in [6.07, 6.45) is 2.36. The number of nitrogens with zero attached hydrogens (tertiary/aromatic N) is 2. The molecule has 1 N–H and O–H groups in total. The van der Waals surface area contributed by atoms with Crippen LogP contribution >= 0.6 is 11.6 Å². The lowest BCUT2D eigenvalue weighted by Gasteiger charge is -2.20. The van der Waals surface area contributed by atoms with E-state index in [2.05, 4.69) is 10.2 Å². The lowest BCUT2D eigenvalue weighted by Crippen LogP contribution is -2.35. The van der Waals surface area contributed by atoms with Gasteiger partial charge in [-0.2, -0.15) is 0 Å². The van der Waals surface area contributed by atoms with Gasteiger partial charge in [0.05, 0.1) is 17.0 Å². The summed E-state index contributed by atoms with van der Waals surface area (Å²) >= 11 is 6.01. The maximum Gasteiger partial charge on any atom is 0.225 e. The molecule has 0 spiro atoms. The molecule has 0 aliphatic carbocycles. The van der Waals surface area contributed by atoms with Crippen LogP contribution in [0.3, 0.4) is 0 Å². The molecule has 1 aromatic rings. The molecule has 23 heavy (non-hydrogen) atoms. The maximum atomic E-state index is 12.0. The van der Waals surface area contributed by atoms with E-state index in [0.29, 0.717) is 43.3 Å². The first-order valence-electron chi connectivity index (χ1n) is 7.58. The molecule has 0 unspecified atom stereocenters. The van der Waals surface area contributed by atoms with E-state index in [0.717, 1.165) is 13.0 Å². The average Bonchev–Trinajstić information content (AvgIpc) is 2.73. The average molecular weight is 360 g/mol. The number of sulfonamides is 1. The summed E-state index contributed by atoms with van der Waals surface area (Å²) in [5.74, 6) is -0.0951. The molecule has 0 radical (unpaired) electrons.